The Morgan fingerprint density at radius 2 is 2.46 bits per heavy atom. The second-order valence-corrected chi connectivity index (χ2v) is 3.77. The van der Waals surface area contributed by atoms with Crippen LogP contribution >= 0.6 is 0 Å². The van der Waals surface area contributed by atoms with Gasteiger partial charge in [0.25, 0.3) is 0 Å². The van der Waals surface area contributed by atoms with E-state index in [1.165, 1.54) is 12.8 Å². The van der Waals surface area contributed by atoms with Crippen LogP contribution in [-0.2, 0) is 4.79 Å². The maximum absolute atomic E-state index is 10.5. The number of hydrogen-bond acceptors (Lipinski definition) is 3. The van der Waals surface area contributed by atoms with E-state index in [1.807, 2.05) is 7.05 Å². The monoisotopic (exact) mass is 185 g/mol. The minimum Gasteiger partial charge on any atom is -0.370 e. The molecule has 1 aliphatic heterocycles. The van der Waals surface area contributed by atoms with Crippen LogP contribution in [0, 0.1) is 0 Å². The molecule has 1 unspecified atom stereocenters. The van der Waals surface area contributed by atoms with Gasteiger partial charge in [-0.2, -0.15) is 0 Å². The van der Waals surface area contributed by atoms with Crippen LogP contribution in [0.4, 0.5) is 0 Å². The minimum absolute atomic E-state index is 0.216. The van der Waals surface area contributed by atoms with Gasteiger partial charge in [0, 0.05) is 25.6 Å². The first-order valence-corrected chi connectivity index (χ1v) is 4.88. The summed E-state index contributed by atoms with van der Waals surface area (Å²) in [5.74, 6) is -0.216. The van der Waals surface area contributed by atoms with E-state index in [0.29, 0.717) is 12.5 Å². The summed E-state index contributed by atoms with van der Waals surface area (Å²) in [6, 6.07) is 0.609. The van der Waals surface area contributed by atoms with E-state index in [9.17, 15) is 4.79 Å². The summed E-state index contributed by atoms with van der Waals surface area (Å²) in [7, 11) is 2.03. The van der Waals surface area contributed by atoms with Gasteiger partial charge < -0.3 is 16.0 Å². The lowest BCUT2D eigenvalue weighted by Gasteiger charge is -2.20. The molecule has 1 heterocycles. The Morgan fingerprint density at radius 1 is 1.69 bits per heavy atom. The predicted octanol–water partition coefficient (Wildman–Crippen LogP) is -0.454. The Bertz CT molecular complexity index is 166. The number of primary amides is 1. The highest BCUT2D eigenvalue weighted by Gasteiger charge is 2.15. The maximum atomic E-state index is 10.5. The second kappa shape index (κ2) is 5.19. The zero-order valence-corrected chi connectivity index (χ0v) is 8.25. The van der Waals surface area contributed by atoms with Gasteiger partial charge in [-0.1, -0.05) is 0 Å². The highest BCUT2D eigenvalue weighted by atomic mass is 16.1. The number of nitrogens with zero attached hydrogens (tertiary/aromatic N) is 1. The molecule has 0 aromatic heterocycles. The van der Waals surface area contributed by atoms with Crippen molar-refractivity contribution in [2.24, 2.45) is 5.73 Å². The molecule has 3 N–H and O–H groups in total. The molecule has 1 saturated heterocycles. The molecule has 4 nitrogen and oxygen atoms in total. The summed E-state index contributed by atoms with van der Waals surface area (Å²) in [6.07, 6.45) is 2.98. The van der Waals surface area contributed by atoms with E-state index < -0.39 is 0 Å². The molecule has 13 heavy (non-hydrogen) atoms. The lowest BCUT2D eigenvalue weighted by Crippen LogP contribution is -2.36. The molecule has 0 saturated carbocycles. The number of carbonyl (C=O) groups excluding carboxylic acids is 1. The maximum Gasteiger partial charge on any atom is 0.218 e. The van der Waals surface area contributed by atoms with Gasteiger partial charge in [-0.3, -0.25) is 4.79 Å². The van der Waals surface area contributed by atoms with E-state index in [4.69, 9.17) is 5.73 Å². The zero-order chi connectivity index (χ0) is 9.68. The normalized spacial score (nSPS) is 22.5. The molecule has 1 rings (SSSR count). The largest absolute Gasteiger partial charge is 0.370 e. The quantitative estimate of drug-likeness (QED) is 0.609. The fourth-order valence-electron chi connectivity index (χ4n) is 1.68. The topological polar surface area (TPSA) is 58.4 Å². The van der Waals surface area contributed by atoms with Gasteiger partial charge in [0.05, 0.1) is 0 Å². The van der Waals surface area contributed by atoms with Crippen molar-refractivity contribution < 1.29 is 4.79 Å². The van der Waals surface area contributed by atoms with Gasteiger partial charge in [0.15, 0.2) is 0 Å². The van der Waals surface area contributed by atoms with E-state index in [1.54, 1.807) is 0 Å². The van der Waals surface area contributed by atoms with Gasteiger partial charge in [-0.15, -0.1) is 0 Å². The smallest absolute Gasteiger partial charge is 0.218 e. The van der Waals surface area contributed by atoms with E-state index in [0.717, 1.165) is 19.6 Å². The van der Waals surface area contributed by atoms with Crippen molar-refractivity contribution in [3.8, 4) is 0 Å². The molecule has 1 fully saturated rings. The molecule has 0 aromatic carbocycles. The second-order valence-electron chi connectivity index (χ2n) is 3.77. The standard InChI is InChI=1S/C9H19N3O/c1-12(6-4-9(10)13)7-8-3-2-5-11-8/h8,11H,2-7H2,1H3,(H2,10,13). The first-order valence-electron chi connectivity index (χ1n) is 4.88. The highest BCUT2D eigenvalue weighted by molar-refractivity contribution is 5.73. The average molecular weight is 185 g/mol. The summed E-state index contributed by atoms with van der Waals surface area (Å²) in [4.78, 5) is 12.7. The predicted molar refractivity (Wildman–Crippen MR) is 52.3 cm³/mol. The number of amides is 1. The third kappa shape index (κ3) is 4.24. The number of rotatable bonds is 5. The van der Waals surface area contributed by atoms with Crippen molar-refractivity contribution >= 4 is 5.91 Å². The molecular formula is C9H19N3O. The molecule has 1 amide bonds. The fraction of sp³-hybridized carbons (Fsp3) is 0.889. The number of likely N-dealkylation sites (N-methyl/N-ethyl adjacent to an activating group) is 1. The fourth-order valence-corrected chi connectivity index (χ4v) is 1.68. The Labute approximate surface area is 79.5 Å². The third-order valence-corrected chi connectivity index (χ3v) is 2.43. The van der Waals surface area contributed by atoms with Crippen LogP contribution < -0.4 is 11.1 Å². The Balaban J connectivity index is 2.09. The molecule has 76 valence electrons. The molecule has 0 bridgehead atoms. The van der Waals surface area contributed by atoms with E-state index >= 15 is 0 Å². The Kier molecular flexibility index (Phi) is 4.18. The summed E-state index contributed by atoms with van der Waals surface area (Å²) in [5.41, 5.74) is 5.07. The summed E-state index contributed by atoms with van der Waals surface area (Å²) >= 11 is 0. The number of carbonyl (C=O) groups is 1. The molecule has 0 radical (unpaired) electrons. The molecule has 1 aliphatic rings. The van der Waals surface area contributed by atoms with Crippen LogP contribution in [0.1, 0.15) is 19.3 Å². The van der Waals surface area contributed by atoms with Crippen molar-refractivity contribution in [3.63, 3.8) is 0 Å². The average Bonchev–Trinajstić information content (AvgIpc) is 2.53. The Morgan fingerprint density at radius 3 is 3.00 bits per heavy atom. The van der Waals surface area contributed by atoms with Gasteiger partial charge in [0.1, 0.15) is 0 Å². The van der Waals surface area contributed by atoms with Crippen molar-refractivity contribution in [1.29, 1.82) is 0 Å². The van der Waals surface area contributed by atoms with Gasteiger partial charge in [-0.05, 0) is 26.4 Å². The summed E-state index contributed by atoms with van der Waals surface area (Å²) in [6.45, 7) is 2.93. The first kappa shape index (κ1) is 10.5. The van der Waals surface area contributed by atoms with Crippen LogP contribution in [0.15, 0.2) is 0 Å². The van der Waals surface area contributed by atoms with Crippen LogP contribution in [-0.4, -0.2) is 43.5 Å². The molecule has 1 atom stereocenters. The number of nitrogens with one attached hydrogen (secondary N) is 1. The van der Waals surface area contributed by atoms with Gasteiger partial charge in [-0.25, -0.2) is 0 Å². The lowest BCUT2D eigenvalue weighted by molar-refractivity contribution is -0.118. The van der Waals surface area contributed by atoms with Crippen LogP contribution in [0.3, 0.4) is 0 Å². The molecule has 0 aromatic rings. The minimum atomic E-state index is -0.216. The Hall–Kier alpha value is -0.610. The van der Waals surface area contributed by atoms with Crippen LogP contribution in [0.25, 0.3) is 0 Å². The molecule has 0 aliphatic carbocycles. The van der Waals surface area contributed by atoms with Crippen molar-refractivity contribution in [1.82, 2.24) is 10.2 Å². The van der Waals surface area contributed by atoms with Gasteiger partial charge in [0.2, 0.25) is 5.91 Å². The zero-order valence-electron chi connectivity index (χ0n) is 8.25. The third-order valence-electron chi connectivity index (χ3n) is 2.43. The van der Waals surface area contributed by atoms with Crippen molar-refractivity contribution in [3.05, 3.63) is 0 Å². The van der Waals surface area contributed by atoms with Crippen LogP contribution in [0.2, 0.25) is 0 Å². The summed E-state index contributed by atoms with van der Waals surface area (Å²) < 4.78 is 0. The number of hydrogen-bond donors (Lipinski definition) is 2. The first-order chi connectivity index (χ1) is 6.18. The van der Waals surface area contributed by atoms with Crippen molar-refractivity contribution in [2.45, 2.75) is 25.3 Å². The lowest BCUT2D eigenvalue weighted by atomic mass is 10.2. The molecular weight excluding hydrogens is 166 g/mol. The van der Waals surface area contributed by atoms with Crippen LogP contribution in [0.5, 0.6) is 0 Å². The highest BCUT2D eigenvalue weighted by Crippen LogP contribution is 2.05. The van der Waals surface area contributed by atoms with Crippen molar-refractivity contribution in [2.75, 3.05) is 26.7 Å². The van der Waals surface area contributed by atoms with Gasteiger partial charge >= 0.3 is 0 Å². The van der Waals surface area contributed by atoms with E-state index in [2.05, 4.69) is 10.2 Å². The molecule has 0 spiro atoms. The summed E-state index contributed by atoms with van der Waals surface area (Å²) in [5, 5.41) is 3.42. The SMILES string of the molecule is CN(CCC(N)=O)CC1CCCN1. The number of nitrogens with two attached hydrogens (primary N) is 1. The molecule has 4 heteroatoms. The van der Waals surface area contributed by atoms with E-state index in [-0.39, 0.29) is 5.91 Å².